The summed E-state index contributed by atoms with van der Waals surface area (Å²) in [5.74, 6) is 0.0228. The standard InChI is InChI=1S/C41H80O2/c1-3-5-7-9-11-13-15-17-19-20-21-22-23-24-25-26-27-29-31-33-35-37-39-41(42)43-40-38-36-34-32-30-28-18-16-14-12-10-8-6-4-2/h14,16H,3-13,15,17-40H2,1-2H3/b16-14-. The Kier molecular flexibility index (Phi) is 38.5. The molecule has 0 bridgehead atoms. The minimum atomic E-state index is 0.0228. The van der Waals surface area contributed by atoms with E-state index in [9.17, 15) is 4.79 Å². The summed E-state index contributed by atoms with van der Waals surface area (Å²) < 4.78 is 5.45. The molecule has 0 saturated heterocycles. The molecule has 256 valence electrons. The lowest BCUT2D eigenvalue weighted by Crippen LogP contribution is -2.05. The van der Waals surface area contributed by atoms with E-state index >= 15 is 0 Å². The Bertz CT molecular complexity index is 540. The summed E-state index contributed by atoms with van der Waals surface area (Å²) in [5, 5.41) is 0. The van der Waals surface area contributed by atoms with Gasteiger partial charge in [0.2, 0.25) is 0 Å². The minimum absolute atomic E-state index is 0.0228. The number of carbonyl (C=O) groups is 1. The van der Waals surface area contributed by atoms with E-state index in [-0.39, 0.29) is 5.97 Å². The van der Waals surface area contributed by atoms with E-state index in [1.165, 1.54) is 205 Å². The summed E-state index contributed by atoms with van der Waals surface area (Å²) in [7, 11) is 0. The molecule has 43 heavy (non-hydrogen) atoms. The fourth-order valence-corrected chi connectivity index (χ4v) is 6.13. The molecule has 0 aromatic carbocycles. The molecule has 0 heterocycles. The van der Waals surface area contributed by atoms with Crippen LogP contribution in [0.4, 0.5) is 0 Å². The van der Waals surface area contributed by atoms with Crippen molar-refractivity contribution in [2.45, 2.75) is 239 Å². The largest absolute Gasteiger partial charge is 0.466 e. The third-order valence-corrected chi connectivity index (χ3v) is 9.15. The lowest BCUT2D eigenvalue weighted by atomic mass is 10.0. The Morgan fingerprint density at radius 1 is 0.372 bits per heavy atom. The number of allylic oxidation sites excluding steroid dienone is 2. The molecule has 0 rings (SSSR count). The van der Waals surface area contributed by atoms with Crippen LogP contribution in [0.25, 0.3) is 0 Å². The highest BCUT2D eigenvalue weighted by atomic mass is 16.5. The second kappa shape index (κ2) is 39.2. The van der Waals surface area contributed by atoms with Gasteiger partial charge in [-0.25, -0.2) is 0 Å². The van der Waals surface area contributed by atoms with Gasteiger partial charge in [0.05, 0.1) is 6.61 Å². The highest BCUT2D eigenvalue weighted by Gasteiger charge is 2.03. The van der Waals surface area contributed by atoms with E-state index in [2.05, 4.69) is 26.0 Å². The van der Waals surface area contributed by atoms with Gasteiger partial charge >= 0.3 is 5.97 Å². The topological polar surface area (TPSA) is 26.3 Å². The Balaban J connectivity index is 3.16. The monoisotopic (exact) mass is 605 g/mol. The molecular weight excluding hydrogens is 524 g/mol. The van der Waals surface area contributed by atoms with Crippen molar-refractivity contribution in [1.82, 2.24) is 0 Å². The number of hydrogen-bond donors (Lipinski definition) is 0. The summed E-state index contributed by atoms with van der Waals surface area (Å²) in [6.07, 6.45) is 51.5. The van der Waals surface area contributed by atoms with Gasteiger partial charge in [-0.2, -0.15) is 0 Å². The van der Waals surface area contributed by atoms with Crippen LogP contribution in [0.2, 0.25) is 0 Å². The normalized spacial score (nSPS) is 11.6. The predicted molar refractivity (Wildman–Crippen MR) is 193 cm³/mol. The first-order valence-corrected chi connectivity index (χ1v) is 20.1. The van der Waals surface area contributed by atoms with Crippen molar-refractivity contribution >= 4 is 5.97 Å². The van der Waals surface area contributed by atoms with Crippen molar-refractivity contribution in [1.29, 1.82) is 0 Å². The van der Waals surface area contributed by atoms with Crippen molar-refractivity contribution < 1.29 is 9.53 Å². The van der Waals surface area contributed by atoms with Crippen LogP contribution in [0.1, 0.15) is 239 Å². The van der Waals surface area contributed by atoms with Crippen molar-refractivity contribution in [3.63, 3.8) is 0 Å². The second-order valence-corrected chi connectivity index (χ2v) is 13.6. The maximum absolute atomic E-state index is 12.0. The van der Waals surface area contributed by atoms with Gasteiger partial charge in [-0.15, -0.1) is 0 Å². The third kappa shape index (κ3) is 39.2. The molecule has 0 fully saturated rings. The first kappa shape index (κ1) is 42.2. The summed E-state index contributed by atoms with van der Waals surface area (Å²) in [5.41, 5.74) is 0. The third-order valence-electron chi connectivity index (χ3n) is 9.15. The number of ether oxygens (including phenoxy) is 1. The van der Waals surface area contributed by atoms with Gasteiger partial charge in [0.25, 0.3) is 0 Å². The molecular formula is C41H80O2. The molecule has 0 amide bonds. The van der Waals surface area contributed by atoms with Crippen LogP contribution in [0.15, 0.2) is 12.2 Å². The van der Waals surface area contributed by atoms with Crippen molar-refractivity contribution in [3.05, 3.63) is 12.2 Å². The SMILES string of the molecule is CCCCCC/C=C\CCCCCCCCOC(=O)CCCCCCCCCCCCCCCCCCCCCCCC. The number of esters is 1. The molecule has 0 radical (unpaired) electrons. The van der Waals surface area contributed by atoms with Crippen molar-refractivity contribution in [3.8, 4) is 0 Å². The first-order valence-electron chi connectivity index (χ1n) is 20.1. The zero-order chi connectivity index (χ0) is 31.2. The quantitative estimate of drug-likeness (QED) is 0.0400. The summed E-state index contributed by atoms with van der Waals surface area (Å²) in [4.78, 5) is 12.0. The molecule has 2 heteroatoms. The minimum Gasteiger partial charge on any atom is -0.466 e. The van der Waals surface area contributed by atoms with Gasteiger partial charge < -0.3 is 4.74 Å². The van der Waals surface area contributed by atoms with E-state index < -0.39 is 0 Å². The highest BCUT2D eigenvalue weighted by molar-refractivity contribution is 5.69. The molecule has 0 N–H and O–H groups in total. The Morgan fingerprint density at radius 3 is 1.02 bits per heavy atom. The lowest BCUT2D eigenvalue weighted by molar-refractivity contribution is -0.143. The van der Waals surface area contributed by atoms with Gasteiger partial charge in [-0.3, -0.25) is 4.79 Å². The van der Waals surface area contributed by atoms with Gasteiger partial charge in [0, 0.05) is 6.42 Å². The number of hydrogen-bond acceptors (Lipinski definition) is 2. The van der Waals surface area contributed by atoms with Crippen LogP contribution >= 0.6 is 0 Å². The molecule has 0 aliphatic rings. The molecule has 0 atom stereocenters. The maximum Gasteiger partial charge on any atom is 0.305 e. The van der Waals surface area contributed by atoms with E-state index in [0.717, 1.165) is 12.8 Å². The smallest absolute Gasteiger partial charge is 0.305 e. The molecule has 0 aromatic rings. The van der Waals surface area contributed by atoms with Gasteiger partial charge in [-0.05, 0) is 38.5 Å². The van der Waals surface area contributed by atoms with Crippen LogP contribution in [0.3, 0.4) is 0 Å². The number of rotatable bonds is 37. The van der Waals surface area contributed by atoms with Crippen LogP contribution in [-0.2, 0) is 9.53 Å². The molecule has 2 nitrogen and oxygen atoms in total. The zero-order valence-electron chi connectivity index (χ0n) is 29.9. The van der Waals surface area contributed by atoms with Crippen LogP contribution in [0.5, 0.6) is 0 Å². The fraction of sp³-hybridized carbons (Fsp3) is 0.927. The van der Waals surface area contributed by atoms with Crippen LogP contribution in [0, 0.1) is 0 Å². The first-order chi connectivity index (χ1) is 21.3. The van der Waals surface area contributed by atoms with Gasteiger partial charge in [-0.1, -0.05) is 206 Å². The van der Waals surface area contributed by atoms with Crippen LogP contribution < -0.4 is 0 Å². The summed E-state index contributed by atoms with van der Waals surface area (Å²) in [6.45, 7) is 5.19. The van der Waals surface area contributed by atoms with E-state index in [1.54, 1.807) is 0 Å². The average Bonchev–Trinajstić information content (AvgIpc) is 3.01. The molecule has 0 saturated carbocycles. The summed E-state index contributed by atoms with van der Waals surface area (Å²) in [6, 6.07) is 0. The van der Waals surface area contributed by atoms with E-state index in [4.69, 9.17) is 4.74 Å². The number of carbonyl (C=O) groups excluding carboxylic acids is 1. The Labute approximate surface area is 272 Å². The van der Waals surface area contributed by atoms with E-state index in [0.29, 0.717) is 13.0 Å². The van der Waals surface area contributed by atoms with Gasteiger partial charge in [0.15, 0.2) is 0 Å². The van der Waals surface area contributed by atoms with Crippen molar-refractivity contribution in [2.24, 2.45) is 0 Å². The predicted octanol–water partition coefficient (Wildman–Crippen LogP) is 14.8. The molecule has 0 unspecified atom stereocenters. The average molecular weight is 605 g/mol. The second-order valence-electron chi connectivity index (χ2n) is 13.6. The zero-order valence-corrected chi connectivity index (χ0v) is 29.9. The molecule has 0 spiro atoms. The maximum atomic E-state index is 12.0. The van der Waals surface area contributed by atoms with Crippen molar-refractivity contribution in [2.75, 3.05) is 6.61 Å². The number of unbranched alkanes of at least 4 members (excludes halogenated alkanes) is 31. The highest BCUT2D eigenvalue weighted by Crippen LogP contribution is 2.16. The van der Waals surface area contributed by atoms with Crippen LogP contribution in [-0.4, -0.2) is 12.6 Å². The van der Waals surface area contributed by atoms with E-state index in [1.807, 2.05) is 0 Å². The fourth-order valence-electron chi connectivity index (χ4n) is 6.13. The van der Waals surface area contributed by atoms with Gasteiger partial charge in [0.1, 0.15) is 0 Å². The lowest BCUT2D eigenvalue weighted by Gasteiger charge is -2.05. The molecule has 0 aliphatic carbocycles. The Morgan fingerprint density at radius 2 is 0.651 bits per heavy atom. The Hall–Kier alpha value is -0.790. The summed E-state index contributed by atoms with van der Waals surface area (Å²) >= 11 is 0. The molecule has 0 aromatic heterocycles. The molecule has 0 aliphatic heterocycles.